The van der Waals surface area contributed by atoms with E-state index < -0.39 is 12.0 Å². The molecule has 0 radical (unpaired) electrons. The van der Waals surface area contributed by atoms with Gasteiger partial charge in [0.2, 0.25) is 0 Å². The van der Waals surface area contributed by atoms with Gasteiger partial charge in [-0.25, -0.2) is 4.79 Å². The molecule has 0 fully saturated rings. The number of carbonyl (C=O) groups excluding carboxylic acids is 2. The molecule has 2 amide bonds. The molecule has 5 nitrogen and oxygen atoms in total. The summed E-state index contributed by atoms with van der Waals surface area (Å²) in [4.78, 5) is 24.7. The van der Waals surface area contributed by atoms with Crippen LogP contribution in [-0.2, 0) is 9.53 Å². The normalized spacial score (nSPS) is 10.0. The number of nitrogens with one attached hydrogen (secondary N) is 1. The van der Waals surface area contributed by atoms with Crippen LogP contribution in [0.15, 0.2) is 18.2 Å². The monoisotopic (exact) mass is 318 g/mol. The fraction of sp³-hybridized carbons (Fsp3) is 0.385. The number of likely N-dealkylation sites (N-methyl/N-ethyl adjacent to an activating group) is 1. The first-order chi connectivity index (χ1) is 9.47. The van der Waals surface area contributed by atoms with Gasteiger partial charge in [0.1, 0.15) is 6.54 Å². The van der Waals surface area contributed by atoms with Crippen molar-refractivity contribution in [2.24, 2.45) is 0 Å². The van der Waals surface area contributed by atoms with Crippen LogP contribution in [0.1, 0.15) is 13.8 Å². The van der Waals surface area contributed by atoms with E-state index in [-0.39, 0.29) is 13.2 Å². The van der Waals surface area contributed by atoms with Crippen molar-refractivity contribution in [1.29, 1.82) is 0 Å². The smallest absolute Gasteiger partial charge is 0.325 e. The van der Waals surface area contributed by atoms with Crippen molar-refractivity contribution in [1.82, 2.24) is 4.90 Å². The van der Waals surface area contributed by atoms with Crippen LogP contribution in [-0.4, -0.2) is 36.6 Å². The van der Waals surface area contributed by atoms with Gasteiger partial charge in [0.05, 0.1) is 16.7 Å². The Morgan fingerprint density at radius 2 is 1.95 bits per heavy atom. The minimum Gasteiger partial charge on any atom is -0.465 e. The molecule has 1 N–H and O–H groups in total. The molecule has 0 aliphatic heterocycles. The van der Waals surface area contributed by atoms with E-state index in [1.807, 2.05) is 0 Å². The highest BCUT2D eigenvalue weighted by Crippen LogP contribution is 2.25. The first kappa shape index (κ1) is 16.6. The molecular weight excluding hydrogens is 303 g/mol. The molecule has 0 aromatic heterocycles. The molecule has 0 aliphatic carbocycles. The molecule has 0 saturated heterocycles. The van der Waals surface area contributed by atoms with Crippen LogP contribution in [0.25, 0.3) is 0 Å². The third kappa shape index (κ3) is 4.90. The van der Waals surface area contributed by atoms with E-state index in [1.165, 1.54) is 4.90 Å². The SMILES string of the molecule is CCOC(=O)CN(CC)C(=O)Nc1ccc(Cl)c(Cl)c1. The van der Waals surface area contributed by atoms with Crippen LogP contribution in [0.3, 0.4) is 0 Å². The summed E-state index contributed by atoms with van der Waals surface area (Å²) < 4.78 is 4.81. The van der Waals surface area contributed by atoms with Crippen LogP contribution in [0.2, 0.25) is 10.0 Å². The second-order valence-corrected chi connectivity index (χ2v) is 4.69. The molecule has 110 valence electrons. The second-order valence-electron chi connectivity index (χ2n) is 3.88. The number of rotatable bonds is 5. The lowest BCUT2D eigenvalue weighted by molar-refractivity contribution is -0.143. The van der Waals surface area contributed by atoms with Crippen molar-refractivity contribution in [3.05, 3.63) is 28.2 Å². The van der Waals surface area contributed by atoms with Gasteiger partial charge in [-0.15, -0.1) is 0 Å². The molecule has 1 aromatic rings. The number of nitrogens with zero attached hydrogens (tertiary/aromatic N) is 1. The summed E-state index contributed by atoms with van der Waals surface area (Å²) >= 11 is 11.7. The lowest BCUT2D eigenvalue weighted by Crippen LogP contribution is -2.39. The average molecular weight is 319 g/mol. The van der Waals surface area contributed by atoms with E-state index in [2.05, 4.69) is 5.32 Å². The molecule has 0 atom stereocenters. The molecule has 0 spiro atoms. The third-order valence-corrected chi connectivity index (χ3v) is 3.20. The molecule has 1 rings (SSSR count). The zero-order valence-corrected chi connectivity index (χ0v) is 12.8. The summed E-state index contributed by atoms with van der Waals surface area (Å²) in [6.07, 6.45) is 0. The summed E-state index contributed by atoms with van der Waals surface area (Å²) in [6, 6.07) is 4.35. The predicted octanol–water partition coefficient (Wildman–Crippen LogP) is 3.41. The highest BCUT2D eigenvalue weighted by molar-refractivity contribution is 6.42. The first-order valence-electron chi connectivity index (χ1n) is 6.14. The maximum absolute atomic E-state index is 12.0. The Hall–Kier alpha value is -1.46. The largest absolute Gasteiger partial charge is 0.465 e. The Bertz CT molecular complexity index is 495. The molecule has 0 heterocycles. The van der Waals surface area contributed by atoms with Gasteiger partial charge in [-0.2, -0.15) is 0 Å². The van der Waals surface area contributed by atoms with E-state index in [0.29, 0.717) is 22.3 Å². The number of hydrogen-bond donors (Lipinski definition) is 1. The Balaban J connectivity index is 2.67. The Kier molecular flexibility index (Phi) is 6.61. The quantitative estimate of drug-likeness (QED) is 0.846. The van der Waals surface area contributed by atoms with Gasteiger partial charge in [0.15, 0.2) is 0 Å². The van der Waals surface area contributed by atoms with Crippen LogP contribution >= 0.6 is 23.2 Å². The van der Waals surface area contributed by atoms with Gasteiger partial charge in [-0.05, 0) is 32.0 Å². The van der Waals surface area contributed by atoms with Crippen LogP contribution < -0.4 is 5.32 Å². The van der Waals surface area contributed by atoms with Crippen LogP contribution in [0.5, 0.6) is 0 Å². The molecule has 0 aliphatic rings. The minimum absolute atomic E-state index is 0.0997. The number of ether oxygens (including phenoxy) is 1. The van der Waals surface area contributed by atoms with E-state index in [1.54, 1.807) is 32.0 Å². The van der Waals surface area contributed by atoms with Gasteiger partial charge >= 0.3 is 12.0 Å². The molecule has 1 aromatic carbocycles. The average Bonchev–Trinajstić information content (AvgIpc) is 2.40. The fourth-order valence-electron chi connectivity index (χ4n) is 1.47. The molecular formula is C13H16Cl2N2O3. The lowest BCUT2D eigenvalue weighted by atomic mass is 10.3. The minimum atomic E-state index is -0.446. The number of hydrogen-bond acceptors (Lipinski definition) is 3. The Morgan fingerprint density at radius 3 is 2.50 bits per heavy atom. The zero-order chi connectivity index (χ0) is 15.1. The van der Waals surface area contributed by atoms with Crippen molar-refractivity contribution < 1.29 is 14.3 Å². The summed E-state index contributed by atoms with van der Waals surface area (Å²) in [6.45, 7) is 4.05. The van der Waals surface area contributed by atoms with Crippen molar-refractivity contribution in [3.63, 3.8) is 0 Å². The highest BCUT2D eigenvalue weighted by atomic mass is 35.5. The number of benzene rings is 1. The van der Waals surface area contributed by atoms with Gasteiger partial charge in [0, 0.05) is 12.2 Å². The standard InChI is InChI=1S/C13H16Cl2N2O3/c1-3-17(8-12(18)20-4-2)13(19)16-9-5-6-10(14)11(15)7-9/h5-7H,3-4,8H2,1-2H3,(H,16,19). The van der Waals surface area contributed by atoms with Crippen molar-refractivity contribution >= 4 is 40.9 Å². The Labute approximate surface area is 127 Å². The number of amides is 2. The molecule has 20 heavy (non-hydrogen) atoms. The predicted molar refractivity (Wildman–Crippen MR) is 79.4 cm³/mol. The van der Waals surface area contributed by atoms with Gasteiger partial charge < -0.3 is 15.0 Å². The molecule has 0 saturated carbocycles. The third-order valence-electron chi connectivity index (χ3n) is 2.47. The maximum atomic E-state index is 12.0. The van der Waals surface area contributed by atoms with Gasteiger partial charge in [-0.3, -0.25) is 4.79 Å². The van der Waals surface area contributed by atoms with Gasteiger partial charge in [-0.1, -0.05) is 23.2 Å². The number of carbonyl (C=O) groups is 2. The highest BCUT2D eigenvalue weighted by Gasteiger charge is 2.16. The number of esters is 1. The zero-order valence-electron chi connectivity index (χ0n) is 11.3. The van der Waals surface area contributed by atoms with Crippen molar-refractivity contribution in [2.45, 2.75) is 13.8 Å². The number of urea groups is 1. The lowest BCUT2D eigenvalue weighted by Gasteiger charge is -2.20. The Morgan fingerprint density at radius 1 is 1.25 bits per heavy atom. The second kappa shape index (κ2) is 7.97. The first-order valence-corrected chi connectivity index (χ1v) is 6.90. The fourth-order valence-corrected chi connectivity index (χ4v) is 1.76. The molecule has 0 bridgehead atoms. The van der Waals surface area contributed by atoms with Crippen molar-refractivity contribution in [3.8, 4) is 0 Å². The van der Waals surface area contributed by atoms with Crippen molar-refractivity contribution in [2.75, 3.05) is 25.0 Å². The molecule has 7 heteroatoms. The summed E-state index contributed by atoms with van der Waals surface area (Å²) in [5.41, 5.74) is 0.506. The summed E-state index contributed by atoms with van der Waals surface area (Å²) in [5, 5.41) is 3.40. The summed E-state index contributed by atoms with van der Waals surface area (Å²) in [5.74, 6) is -0.446. The van der Waals surface area contributed by atoms with Crippen LogP contribution in [0, 0.1) is 0 Å². The van der Waals surface area contributed by atoms with E-state index in [4.69, 9.17) is 27.9 Å². The van der Waals surface area contributed by atoms with E-state index in [0.717, 1.165) is 0 Å². The number of anilines is 1. The van der Waals surface area contributed by atoms with E-state index in [9.17, 15) is 9.59 Å². The molecule has 0 unspecified atom stereocenters. The topological polar surface area (TPSA) is 58.6 Å². The van der Waals surface area contributed by atoms with E-state index >= 15 is 0 Å². The maximum Gasteiger partial charge on any atom is 0.325 e. The van der Waals surface area contributed by atoms with Gasteiger partial charge in [0.25, 0.3) is 0 Å². The summed E-state index contributed by atoms with van der Waals surface area (Å²) in [7, 11) is 0. The van der Waals surface area contributed by atoms with Crippen LogP contribution in [0.4, 0.5) is 10.5 Å². The number of halogens is 2.